The molecule has 0 spiro atoms. The number of hydrogen-bond acceptors (Lipinski definition) is 7. The van der Waals surface area contributed by atoms with Crippen LogP contribution in [0.2, 0.25) is 0 Å². The number of thiazole rings is 1. The van der Waals surface area contributed by atoms with Crippen LogP contribution in [0.3, 0.4) is 0 Å². The van der Waals surface area contributed by atoms with Crippen LogP contribution in [-0.4, -0.2) is 33.0 Å². The molecule has 3 aromatic rings. The highest BCUT2D eigenvalue weighted by molar-refractivity contribution is 7.21. The van der Waals surface area contributed by atoms with Crippen molar-refractivity contribution >= 4 is 32.7 Å². The highest BCUT2D eigenvalue weighted by atomic mass is 32.1. The van der Waals surface area contributed by atoms with Crippen LogP contribution in [0, 0.1) is 11.3 Å². The zero-order valence-corrected chi connectivity index (χ0v) is 18.0. The minimum Gasteiger partial charge on any atom is -0.350 e. The van der Waals surface area contributed by atoms with Gasteiger partial charge in [0.15, 0.2) is 21.3 Å². The molecule has 0 unspecified atom stereocenters. The maximum absolute atomic E-state index is 13.3. The van der Waals surface area contributed by atoms with Gasteiger partial charge in [-0.25, -0.2) is 18.7 Å². The van der Waals surface area contributed by atoms with Crippen LogP contribution in [0.1, 0.15) is 43.1 Å². The molecule has 0 bridgehead atoms. The first-order valence-electron chi connectivity index (χ1n) is 10.2. The maximum Gasteiger partial charge on any atom is 0.295 e. The lowest BCUT2D eigenvalue weighted by Gasteiger charge is -2.23. The van der Waals surface area contributed by atoms with Gasteiger partial charge in [0.05, 0.1) is 11.6 Å². The van der Waals surface area contributed by atoms with Gasteiger partial charge >= 0.3 is 0 Å². The summed E-state index contributed by atoms with van der Waals surface area (Å²) in [4.78, 5) is 35.8. The quantitative estimate of drug-likeness (QED) is 0.609. The van der Waals surface area contributed by atoms with E-state index in [0.717, 1.165) is 27.9 Å². The van der Waals surface area contributed by atoms with Gasteiger partial charge in [0.2, 0.25) is 5.91 Å². The molecule has 1 atom stereocenters. The number of amides is 1. The van der Waals surface area contributed by atoms with E-state index in [4.69, 9.17) is 5.26 Å². The van der Waals surface area contributed by atoms with Crippen molar-refractivity contribution in [3.63, 3.8) is 0 Å². The van der Waals surface area contributed by atoms with Crippen LogP contribution in [-0.2, 0) is 17.9 Å². The van der Waals surface area contributed by atoms with E-state index >= 15 is 0 Å². The number of hydrogen-bond donors (Lipinski definition) is 1. The number of halogens is 2. The van der Waals surface area contributed by atoms with Crippen molar-refractivity contribution in [1.82, 2.24) is 19.9 Å². The van der Waals surface area contributed by atoms with Gasteiger partial charge in [-0.2, -0.15) is 5.26 Å². The summed E-state index contributed by atoms with van der Waals surface area (Å²) in [6.45, 7) is 2.55. The Morgan fingerprint density at radius 1 is 1.34 bits per heavy atom. The minimum absolute atomic E-state index is 0.0416. The van der Waals surface area contributed by atoms with Gasteiger partial charge in [-0.05, 0) is 37.5 Å². The second-order valence-corrected chi connectivity index (χ2v) is 8.30. The second kappa shape index (κ2) is 9.00. The van der Waals surface area contributed by atoms with Gasteiger partial charge in [-0.15, -0.1) is 0 Å². The number of rotatable bonds is 6. The molecule has 0 aliphatic carbocycles. The van der Waals surface area contributed by atoms with Crippen molar-refractivity contribution in [2.24, 2.45) is 0 Å². The lowest BCUT2D eigenvalue weighted by atomic mass is 10.1. The Hall–Kier alpha value is -3.39. The molecule has 4 rings (SSSR count). The molecule has 1 saturated heterocycles. The summed E-state index contributed by atoms with van der Waals surface area (Å²) in [7, 11) is 0. The molecule has 32 heavy (non-hydrogen) atoms. The molecular formula is C21H20F2N6O2S. The number of carbonyl (C=O) groups excluding carboxylic acids is 1. The van der Waals surface area contributed by atoms with E-state index in [1.807, 2.05) is 6.07 Å². The van der Waals surface area contributed by atoms with E-state index in [1.165, 1.54) is 0 Å². The number of fused-ring (bicyclic) bond motifs is 1. The molecule has 1 aliphatic rings. The molecule has 1 N–H and O–H groups in total. The lowest BCUT2D eigenvalue weighted by molar-refractivity contribution is -0.122. The first kappa shape index (κ1) is 21.8. The number of nitrogens with zero attached hydrogens (tertiary/aromatic N) is 5. The Morgan fingerprint density at radius 3 is 2.75 bits per heavy atom. The zero-order valence-electron chi connectivity index (χ0n) is 17.2. The van der Waals surface area contributed by atoms with Crippen molar-refractivity contribution in [3.05, 3.63) is 51.6 Å². The van der Waals surface area contributed by atoms with Crippen LogP contribution in [0.4, 0.5) is 13.9 Å². The average molecular weight is 458 g/mol. The molecule has 1 aromatic carbocycles. The Morgan fingerprint density at radius 2 is 2.09 bits per heavy atom. The molecule has 1 aliphatic heterocycles. The molecular weight excluding hydrogens is 438 g/mol. The van der Waals surface area contributed by atoms with Gasteiger partial charge in [0.25, 0.3) is 12.0 Å². The van der Waals surface area contributed by atoms with Crippen LogP contribution >= 0.6 is 11.3 Å². The van der Waals surface area contributed by atoms with E-state index < -0.39 is 23.9 Å². The predicted molar refractivity (Wildman–Crippen MR) is 116 cm³/mol. The zero-order chi connectivity index (χ0) is 22.8. The van der Waals surface area contributed by atoms with Crippen molar-refractivity contribution in [2.75, 3.05) is 11.4 Å². The van der Waals surface area contributed by atoms with E-state index in [1.54, 1.807) is 36.1 Å². The fourth-order valence-electron chi connectivity index (χ4n) is 3.78. The third kappa shape index (κ3) is 4.05. The van der Waals surface area contributed by atoms with E-state index in [0.29, 0.717) is 30.2 Å². The second-order valence-electron chi connectivity index (χ2n) is 7.35. The van der Waals surface area contributed by atoms with Gasteiger partial charge in [-0.3, -0.25) is 14.2 Å². The number of aromatic nitrogens is 3. The highest BCUT2D eigenvalue weighted by Crippen LogP contribution is 2.32. The van der Waals surface area contributed by atoms with Crippen LogP contribution in [0.25, 0.3) is 10.3 Å². The molecule has 11 heteroatoms. The Bertz CT molecular complexity index is 1250. The van der Waals surface area contributed by atoms with Gasteiger partial charge in [0, 0.05) is 19.6 Å². The molecule has 2 aromatic heterocycles. The highest BCUT2D eigenvalue weighted by Gasteiger charge is 2.33. The Kier molecular flexibility index (Phi) is 6.14. The summed E-state index contributed by atoms with van der Waals surface area (Å²) in [6, 6.07) is 8.51. The van der Waals surface area contributed by atoms with Crippen molar-refractivity contribution in [2.45, 2.75) is 45.3 Å². The fourth-order valence-corrected chi connectivity index (χ4v) is 4.79. The summed E-state index contributed by atoms with van der Waals surface area (Å²) in [6.07, 6.45) is -1.49. The molecule has 8 nitrogen and oxygen atoms in total. The molecule has 166 valence electrons. The third-order valence-electron chi connectivity index (χ3n) is 5.40. The number of alkyl halides is 2. The number of carbonyl (C=O) groups is 1. The number of benzene rings is 1. The van der Waals surface area contributed by atoms with Crippen LogP contribution in [0.5, 0.6) is 0 Å². The number of nitriles is 1. The van der Waals surface area contributed by atoms with Crippen LogP contribution in [0.15, 0.2) is 29.1 Å². The number of nitrogens with one attached hydrogen (secondary N) is 1. The fraction of sp³-hybridized carbons (Fsp3) is 0.381. The Balaban J connectivity index is 1.56. The van der Waals surface area contributed by atoms with Crippen molar-refractivity contribution < 1.29 is 13.6 Å². The average Bonchev–Trinajstić information content (AvgIpc) is 3.45. The topological polar surface area (TPSA) is 104 Å². The Labute approximate surface area is 186 Å². The van der Waals surface area contributed by atoms with E-state index in [-0.39, 0.29) is 22.8 Å². The largest absolute Gasteiger partial charge is 0.350 e. The first-order chi connectivity index (χ1) is 15.4. The SMILES string of the molecule is CCn1c(C(F)F)nc2sc(N3CCC[C@@H]3C(=O)NCc3ccc(C#N)cc3)nc2c1=O. The summed E-state index contributed by atoms with van der Waals surface area (Å²) in [5.41, 5.74) is 0.852. The summed E-state index contributed by atoms with van der Waals surface area (Å²) >= 11 is 1.05. The predicted octanol–water partition coefficient (Wildman–Crippen LogP) is 2.97. The lowest BCUT2D eigenvalue weighted by Crippen LogP contribution is -2.43. The van der Waals surface area contributed by atoms with Crippen molar-refractivity contribution in [1.29, 1.82) is 5.26 Å². The molecule has 0 saturated carbocycles. The molecule has 1 amide bonds. The maximum atomic E-state index is 13.3. The van der Waals surface area contributed by atoms with Crippen LogP contribution < -0.4 is 15.8 Å². The monoisotopic (exact) mass is 458 g/mol. The molecule has 3 heterocycles. The molecule has 1 fully saturated rings. The normalized spacial score (nSPS) is 16.0. The minimum atomic E-state index is -2.87. The van der Waals surface area contributed by atoms with Gasteiger partial charge < -0.3 is 10.2 Å². The van der Waals surface area contributed by atoms with Gasteiger partial charge in [-0.1, -0.05) is 23.5 Å². The van der Waals surface area contributed by atoms with Crippen molar-refractivity contribution in [3.8, 4) is 6.07 Å². The third-order valence-corrected chi connectivity index (χ3v) is 6.39. The number of anilines is 1. The summed E-state index contributed by atoms with van der Waals surface area (Å²) in [5, 5.41) is 12.2. The molecule has 0 radical (unpaired) electrons. The summed E-state index contributed by atoms with van der Waals surface area (Å²) in [5.74, 6) is -0.753. The van der Waals surface area contributed by atoms with E-state index in [2.05, 4.69) is 15.3 Å². The smallest absolute Gasteiger partial charge is 0.295 e. The first-order valence-corrected chi connectivity index (χ1v) is 11.0. The summed E-state index contributed by atoms with van der Waals surface area (Å²) < 4.78 is 27.6. The van der Waals surface area contributed by atoms with E-state index in [9.17, 15) is 18.4 Å². The standard InChI is InChI=1S/C21H20F2N6O2S/c1-2-28-17(16(22)23)27-19-15(20(28)31)26-21(32-19)29-9-3-4-14(29)18(30)25-11-13-7-5-12(10-24)6-8-13/h5-8,14,16H,2-4,9,11H2,1H3,(H,25,30)/t14-/m1/s1. The van der Waals surface area contributed by atoms with Gasteiger partial charge in [0.1, 0.15) is 6.04 Å².